The molecule has 1 aromatic heterocycles. The molecule has 1 aliphatic carbocycles. The number of piperazine rings is 1. The van der Waals surface area contributed by atoms with Crippen molar-refractivity contribution in [2.75, 3.05) is 36.0 Å². The van der Waals surface area contributed by atoms with Crippen molar-refractivity contribution in [2.24, 2.45) is 0 Å². The number of carbonyl (C=O) groups excluding carboxylic acids is 1. The SMILES string of the molecule is O=C1C[C@H](c2cc(F)cc(F)c2)Cc2nc(N3CCN(c4ccccc4)CC3)ncc21. The molecule has 0 unspecified atom stereocenters. The average molecular weight is 420 g/mol. The van der Waals surface area contributed by atoms with Gasteiger partial charge in [-0.2, -0.15) is 0 Å². The smallest absolute Gasteiger partial charge is 0.225 e. The largest absolute Gasteiger partial charge is 0.368 e. The van der Waals surface area contributed by atoms with E-state index in [1.165, 1.54) is 17.8 Å². The van der Waals surface area contributed by atoms with Crippen LogP contribution in [0.2, 0.25) is 0 Å². The van der Waals surface area contributed by atoms with Crippen molar-refractivity contribution < 1.29 is 13.6 Å². The second-order valence-corrected chi connectivity index (χ2v) is 8.07. The lowest BCUT2D eigenvalue weighted by molar-refractivity contribution is 0.0962. The number of ketones is 1. The molecule has 1 fully saturated rings. The number of rotatable bonds is 3. The summed E-state index contributed by atoms with van der Waals surface area (Å²) in [5, 5.41) is 0. The van der Waals surface area contributed by atoms with Crippen LogP contribution in [0.15, 0.2) is 54.7 Å². The highest BCUT2D eigenvalue weighted by Gasteiger charge is 2.30. The summed E-state index contributed by atoms with van der Waals surface area (Å²) in [5.41, 5.74) is 2.86. The van der Waals surface area contributed by atoms with Crippen molar-refractivity contribution in [3.05, 3.63) is 83.2 Å². The first-order valence-corrected chi connectivity index (χ1v) is 10.5. The summed E-state index contributed by atoms with van der Waals surface area (Å²) in [6, 6.07) is 13.7. The van der Waals surface area contributed by atoms with E-state index in [1.54, 1.807) is 6.20 Å². The molecule has 0 spiro atoms. The fourth-order valence-corrected chi connectivity index (χ4v) is 4.44. The molecule has 1 saturated heterocycles. The molecular formula is C24H22F2N4O. The number of aromatic nitrogens is 2. The van der Waals surface area contributed by atoms with Crippen LogP contribution in [0.1, 0.15) is 34.0 Å². The predicted octanol–water partition coefficient (Wildman–Crippen LogP) is 3.99. The zero-order chi connectivity index (χ0) is 21.4. The number of fused-ring (bicyclic) bond motifs is 1. The van der Waals surface area contributed by atoms with Crippen molar-refractivity contribution in [3.8, 4) is 0 Å². The molecule has 2 heterocycles. The molecule has 2 aliphatic rings. The number of benzene rings is 2. The molecule has 0 N–H and O–H groups in total. The maximum absolute atomic E-state index is 13.7. The quantitative estimate of drug-likeness (QED) is 0.641. The third-order valence-electron chi connectivity index (χ3n) is 6.07. The van der Waals surface area contributed by atoms with Gasteiger partial charge in [-0.05, 0) is 42.2 Å². The summed E-state index contributed by atoms with van der Waals surface area (Å²) in [6.45, 7) is 3.27. The first kappa shape index (κ1) is 19.6. The highest BCUT2D eigenvalue weighted by Crippen LogP contribution is 2.33. The van der Waals surface area contributed by atoms with E-state index < -0.39 is 11.6 Å². The van der Waals surface area contributed by atoms with Gasteiger partial charge < -0.3 is 9.80 Å². The van der Waals surface area contributed by atoms with Crippen molar-refractivity contribution in [2.45, 2.75) is 18.8 Å². The molecule has 2 aromatic carbocycles. The van der Waals surface area contributed by atoms with Gasteiger partial charge in [0.1, 0.15) is 11.6 Å². The minimum atomic E-state index is -0.632. The molecule has 158 valence electrons. The van der Waals surface area contributed by atoms with Crippen LogP contribution in [0.25, 0.3) is 0 Å². The summed E-state index contributed by atoms with van der Waals surface area (Å²) < 4.78 is 27.4. The Balaban J connectivity index is 1.34. The summed E-state index contributed by atoms with van der Waals surface area (Å²) in [7, 11) is 0. The molecule has 31 heavy (non-hydrogen) atoms. The number of anilines is 2. The lowest BCUT2D eigenvalue weighted by Gasteiger charge is -2.36. The van der Waals surface area contributed by atoms with E-state index in [4.69, 9.17) is 4.98 Å². The van der Waals surface area contributed by atoms with Gasteiger partial charge in [0.15, 0.2) is 5.78 Å². The van der Waals surface area contributed by atoms with Crippen LogP contribution in [0.5, 0.6) is 0 Å². The van der Waals surface area contributed by atoms with E-state index >= 15 is 0 Å². The summed E-state index contributed by atoms with van der Waals surface area (Å²) in [4.78, 5) is 26.2. The Morgan fingerprint density at radius 2 is 1.55 bits per heavy atom. The zero-order valence-electron chi connectivity index (χ0n) is 17.0. The number of hydrogen-bond donors (Lipinski definition) is 0. The number of hydrogen-bond acceptors (Lipinski definition) is 5. The van der Waals surface area contributed by atoms with E-state index in [2.05, 4.69) is 26.9 Å². The van der Waals surface area contributed by atoms with Gasteiger partial charge >= 0.3 is 0 Å². The molecule has 1 aliphatic heterocycles. The van der Waals surface area contributed by atoms with E-state index in [-0.39, 0.29) is 18.1 Å². The van der Waals surface area contributed by atoms with E-state index in [0.29, 0.717) is 29.2 Å². The lowest BCUT2D eigenvalue weighted by Crippen LogP contribution is -2.47. The van der Waals surface area contributed by atoms with Crippen molar-refractivity contribution >= 4 is 17.4 Å². The molecule has 3 aromatic rings. The first-order valence-electron chi connectivity index (χ1n) is 10.5. The Hall–Kier alpha value is -3.35. The summed E-state index contributed by atoms with van der Waals surface area (Å²) in [6.07, 6.45) is 2.27. The first-order chi connectivity index (χ1) is 15.1. The Morgan fingerprint density at radius 3 is 2.26 bits per heavy atom. The second kappa shape index (κ2) is 8.06. The van der Waals surface area contributed by atoms with Crippen LogP contribution < -0.4 is 9.80 Å². The Bertz CT molecular complexity index is 1090. The predicted molar refractivity (Wildman–Crippen MR) is 115 cm³/mol. The van der Waals surface area contributed by atoms with Gasteiger partial charge in [-0.25, -0.2) is 18.7 Å². The molecular weight excluding hydrogens is 398 g/mol. The average Bonchev–Trinajstić information content (AvgIpc) is 2.79. The number of nitrogens with zero attached hydrogens (tertiary/aromatic N) is 4. The van der Waals surface area contributed by atoms with E-state index in [9.17, 15) is 13.6 Å². The maximum Gasteiger partial charge on any atom is 0.225 e. The summed E-state index contributed by atoms with van der Waals surface area (Å²) >= 11 is 0. The van der Waals surface area contributed by atoms with Crippen LogP contribution in [-0.4, -0.2) is 41.9 Å². The van der Waals surface area contributed by atoms with Crippen LogP contribution in [0.3, 0.4) is 0 Å². The lowest BCUT2D eigenvalue weighted by atomic mass is 9.82. The maximum atomic E-state index is 13.7. The van der Waals surface area contributed by atoms with Crippen molar-refractivity contribution in [1.29, 1.82) is 0 Å². The third kappa shape index (κ3) is 4.00. The molecule has 0 bridgehead atoms. The van der Waals surface area contributed by atoms with E-state index in [0.717, 1.165) is 32.2 Å². The number of halogens is 2. The van der Waals surface area contributed by atoms with Gasteiger partial charge in [0.2, 0.25) is 5.95 Å². The van der Waals surface area contributed by atoms with Gasteiger partial charge in [-0.1, -0.05) is 18.2 Å². The van der Waals surface area contributed by atoms with Gasteiger partial charge in [0, 0.05) is 50.6 Å². The Morgan fingerprint density at radius 1 is 0.871 bits per heavy atom. The minimum absolute atomic E-state index is 0.0867. The van der Waals surface area contributed by atoms with Crippen LogP contribution >= 0.6 is 0 Å². The van der Waals surface area contributed by atoms with Gasteiger partial charge in [-0.15, -0.1) is 0 Å². The second-order valence-electron chi connectivity index (χ2n) is 8.07. The fourth-order valence-electron chi connectivity index (χ4n) is 4.44. The van der Waals surface area contributed by atoms with Crippen molar-refractivity contribution in [1.82, 2.24) is 9.97 Å². The topological polar surface area (TPSA) is 49.3 Å². The molecule has 5 rings (SSSR count). The van der Waals surface area contributed by atoms with E-state index in [1.807, 2.05) is 18.2 Å². The van der Waals surface area contributed by atoms with Crippen molar-refractivity contribution in [3.63, 3.8) is 0 Å². The third-order valence-corrected chi connectivity index (χ3v) is 6.07. The normalized spacial score (nSPS) is 18.8. The Labute approximate surface area is 179 Å². The molecule has 5 nitrogen and oxygen atoms in total. The highest BCUT2D eigenvalue weighted by atomic mass is 19.1. The number of carbonyl (C=O) groups is 1. The molecule has 1 atom stereocenters. The van der Waals surface area contributed by atoms with Gasteiger partial charge in [0.05, 0.1) is 11.3 Å². The minimum Gasteiger partial charge on any atom is -0.368 e. The fraction of sp³-hybridized carbons (Fsp3) is 0.292. The van der Waals surface area contributed by atoms with Gasteiger partial charge in [0.25, 0.3) is 0 Å². The van der Waals surface area contributed by atoms with Crippen LogP contribution in [0, 0.1) is 11.6 Å². The molecule has 7 heteroatoms. The molecule has 0 saturated carbocycles. The standard InChI is InChI=1S/C24H22F2N4O/c25-18-10-16(11-19(26)14-18)17-12-22-21(23(31)13-17)15-27-24(28-22)30-8-6-29(7-9-30)20-4-2-1-3-5-20/h1-5,10-11,14-15,17H,6-9,12-13H2/t17-/m1/s1. The Kier molecular flexibility index (Phi) is 5.10. The summed E-state index contributed by atoms with van der Waals surface area (Å²) in [5.74, 6) is -1.04. The number of Topliss-reactive ketones (excluding diaryl/α,β-unsaturated/α-hetero) is 1. The van der Waals surface area contributed by atoms with Crippen LogP contribution in [-0.2, 0) is 6.42 Å². The highest BCUT2D eigenvalue weighted by molar-refractivity contribution is 5.98. The monoisotopic (exact) mass is 420 g/mol. The van der Waals surface area contributed by atoms with Crippen LogP contribution in [0.4, 0.5) is 20.4 Å². The molecule has 0 amide bonds. The zero-order valence-corrected chi connectivity index (χ0v) is 17.0. The number of para-hydroxylation sites is 1. The van der Waals surface area contributed by atoms with Gasteiger partial charge in [-0.3, -0.25) is 4.79 Å². The molecule has 0 radical (unpaired) electrons.